The van der Waals surface area contributed by atoms with E-state index in [1.54, 1.807) is 41.3 Å². The van der Waals surface area contributed by atoms with Gasteiger partial charge in [0, 0.05) is 28.0 Å². The van der Waals surface area contributed by atoms with Crippen LogP contribution in [0.5, 0.6) is 0 Å². The Morgan fingerprint density at radius 1 is 1.24 bits per heavy atom. The number of halogens is 2. The van der Waals surface area contributed by atoms with E-state index in [1.807, 2.05) is 6.92 Å². The zero-order chi connectivity index (χ0) is 18.4. The minimum atomic E-state index is -0.448. The van der Waals surface area contributed by atoms with Gasteiger partial charge >= 0.3 is 0 Å². The number of primary amides is 1. The summed E-state index contributed by atoms with van der Waals surface area (Å²) in [7, 11) is 0. The molecule has 0 fully saturated rings. The van der Waals surface area contributed by atoms with Gasteiger partial charge in [0.25, 0.3) is 5.91 Å². The number of nitrogens with zero attached hydrogens (tertiary/aromatic N) is 1. The monoisotopic (exact) mass is 424 g/mol. The van der Waals surface area contributed by atoms with Crippen molar-refractivity contribution in [3.63, 3.8) is 0 Å². The maximum atomic E-state index is 14.0. The Morgan fingerprint density at radius 2 is 1.96 bits per heavy atom. The van der Waals surface area contributed by atoms with E-state index in [4.69, 9.17) is 5.73 Å². The second-order valence-corrected chi connectivity index (χ2v) is 7.24. The lowest BCUT2D eigenvalue weighted by Gasteiger charge is -2.22. The maximum absolute atomic E-state index is 14.0. The summed E-state index contributed by atoms with van der Waals surface area (Å²) in [5, 5.41) is 0. The average Bonchev–Trinajstić information content (AvgIpc) is 2.60. The molecule has 2 aromatic rings. The quantitative estimate of drug-likeness (QED) is 0.686. The Labute approximate surface area is 158 Å². The molecule has 0 aliphatic carbocycles. The third-order valence-electron chi connectivity index (χ3n) is 3.53. The second kappa shape index (κ2) is 9.01. The molecular weight excluding hydrogens is 407 g/mol. The van der Waals surface area contributed by atoms with Crippen molar-refractivity contribution in [3.05, 3.63) is 63.9 Å². The first kappa shape index (κ1) is 19.5. The van der Waals surface area contributed by atoms with E-state index in [9.17, 15) is 14.0 Å². The summed E-state index contributed by atoms with van der Waals surface area (Å²) in [5.41, 5.74) is 6.10. The molecule has 0 heterocycles. The molecule has 2 amide bonds. The van der Waals surface area contributed by atoms with Crippen molar-refractivity contribution in [2.24, 2.45) is 5.73 Å². The third kappa shape index (κ3) is 5.31. The number of benzene rings is 2. The van der Waals surface area contributed by atoms with Crippen LogP contribution in [0.15, 0.2) is 51.8 Å². The molecule has 0 saturated carbocycles. The second-order valence-electron chi connectivity index (χ2n) is 5.31. The maximum Gasteiger partial charge on any atom is 0.255 e. The van der Waals surface area contributed by atoms with Gasteiger partial charge in [-0.15, -0.1) is 11.8 Å². The number of carbonyl (C=O) groups excluding carboxylic acids is 2. The number of thioether (sulfide) groups is 1. The molecule has 0 aromatic heterocycles. The normalized spacial score (nSPS) is 10.5. The Hall–Kier alpha value is -1.86. The van der Waals surface area contributed by atoms with Crippen molar-refractivity contribution in [1.29, 1.82) is 0 Å². The predicted octanol–water partition coefficient (Wildman–Crippen LogP) is 3.83. The number of rotatable bonds is 7. The van der Waals surface area contributed by atoms with Gasteiger partial charge in [0.15, 0.2) is 0 Å². The summed E-state index contributed by atoms with van der Waals surface area (Å²) in [6, 6.07) is 11.7. The van der Waals surface area contributed by atoms with Crippen molar-refractivity contribution in [3.8, 4) is 0 Å². The highest BCUT2D eigenvalue weighted by atomic mass is 79.9. The molecule has 2 aromatic carbocycles. The first-order valence-electron chi connectivity index (χ1n) is 7.65. The first-order chi connectivity index (χ1) is 11.9. The molecule has 0 atom stereocenters. The highest BCUT2D eigenvalue weighted by Gasteiger charge is 2.19. The van der Waals surface area contributed by atoms with Crippen LogP contribution in [0, 0.1) is 5.82 Å². The van der Waals surface area contributed by atoms with E-state index < -0.39 is 5.91 Å². The Morgan fingerprint density at radius 3 is 2.64 bits per heavy atom. The van der Waals surface area contributed by atoms with Gasteiger partial charge < -0.3 is 10.6 Å². The fraction of sp³-hybridized carbons (Fsp3) is 0.222. The number of amides is 2. The van der Waals surface area contributed by atoms with Crippen molar-refractivity contribution in [2.45, 2.75) is 18.4 Å². The highest BCUT2D eigenvalue weighted by molar-refractivity contribution is 9.10. The van der Waals surface area contributed by atoms with Gasteiger partial charge in [-0.1, -0.05) is 28.1 Å². The largest absolute Gasteiger partial charge is 0.369 e. The molecule has 2 N–H and O–H groups in total. The van der Waals surface area contributed by atoms with Crippen molar-refractivity contribution < 1.29 is 14.0 Å². The van der Waals surface area contributed by atoms with Gasteiger partial charge in [0.1, 0.15) is 5.82 Å². The van der Waals surface area contributed by atoms with Gasteiger partial charge in [0.2, 0.25) is 5.91 Å². The van der Waals surface area contributed by atoms with Crippen LogP contribution < -0.4 is 5.73 Å². The fourth-order valence-corrected chi connectivity index (χ4v) is 3.48. The smallest absolute Gasteiger partial charge is 0.255 e. The molecule has 0 saturated heterocycles. The minimum Gasteiger partial charge on any atom is -0.369 e. The molecule has 2 rings (SSSR count). The molecule has 0 spiro atoms. The minimum absolute atomic E-state index is 0.0939. The standard InChI is InChI=1S/C18H18BrFN2O2S/c1-2-22(10-12-9-13(19)7-8-15(12)20)18(24)14-5-3-4-6-16(14)25-11-17(21)23/h3-9H,2,10-11H2,1H3,(H2,21,23). The highest BCUT2D eigenvalue weighted by Crippen LogP contribution is 2.25. The molecule has 4 nitrogen and oxygen atoms in total. The summed E-state index contributed by atoms with van der Waals surface area (Å²) in [5.74, 6) is -0.924. The Balaban J connectivity index is 2.25. The summed E-state index contributed by atoms with van der Waals surface area (Å²) in [6.45, 7) is 2.43. The lowest BCUT2D eigenvalue weighted by molar-refractivity contribution is -0.115. The molecule has 7 heteroatoms. The van der Waals surface area contributed by atoms with Gasteiger partial charge in [0.05, 0.1) is 11.3 Å². The Kier molecular flexibility index (Phi) is 7.01. The predicted molar refractivity (Wildman–Crippen MR) is 101 cm³/mol. The number of carbonyl (C=O) groups is 2. The van der Waals surface area contributed by atoms with Crippen molar-refractivity contribution in [1.82, 2.24) is 4.90 Å². The van der Waals surface area contributed by atoms with Crippen LogP contribution in [0.1, 0.15) is 22.8 Å². The molecule has 0 unspecified atom stereocenters. The van der Waals surface area contributed by atoms with Crippen molar-refractivity contribution in [2.75, 3.05) is 12.3 Å². The van der Waals surface area contributed by atoms with Gasteiger partial charge in [-0.3, -0.25) is 9.59 Å². The van der Waals surface area contributed by atoms with Crippen LogP contribution in [0.2, 0.25) is 0 Å². The van der Waals surface area contributed by atoms with Gasteiger partial charge in [-0.25, -0.2) is 4.39 Å². The van der Waals surface area contributed by atoms with Crippen LogP contribution in [-0.2, 0) is 11.3 Å². The summed E-state index contributed by atoms with van der Waals surface area (Å²) in [6.07, 6.45) is 0. The van der Waals surface area contributed by atoms with E-state index in [1.165, 1.54) is 17.8 Å². The van der Waals surface area contributed by atoms with Crippen LogP contribution in [0.3, 0.4) is 0 Å². The number of hydrogen-bond acceptors (Lipinski definition) is 3. The zero-order valence-corrected chi connectivity index (χ0v) is 16.1. The molecule has 0 bridgehead atoms. The molecule has 0 aliphatic heterocycles. The van der Waals surface area contributed by atoms with Crippen LogP contribution in [0.25, 0.3) is 0 Å². The lowest BCUT2D eigenvalue weighted by atomic mass is 10.1. The van der Waals surface area contributed by atoms with Crippen molar-refractivity contribution >= 4 is 39.5 Å². The SMILES string of the molecule is CCN(Cc1cc(Br)ccc1F)C(=O)c1ccccc1SCC(N)=O. The lowest BCUT2D eigenvalue weighted by Crippen LogP contribution is -2.31. The van der Waals surface area contributed by atoms with Crippen LogP contribution in [-0.4, -0.2) is 29.0 Å². The molecule has 0 radical (unpaired) electrons. The summed E-state index contributed by atoms with van der Waals surface area (Å²) < 4.78 is 14.8. The number of nitrogens with two attached hydrogens (primary N) is 1. The van der Waals surface area contributed by atoms with E-state index in [0.29, 0.717) is 22.6 Å². The molecular formula is C18H18BrFN2O2S. The molecule has 0 aliphatic rings. The molecule has 25 heavy (non-hydrogen) atoms. The third-order valence-corrected chi connectivity index (χ3v) is 5.11. The summed E-state index contributed by atoms with van der Waals surface area (Å²) in [4.78, 5) is 26.2. The van der Waals surface area contributed by atoms with E-state index in [-0.39, 0.29) is 24.0 Å². The van der Waals surface area contributed by atoms with E-state index in [2.05, 4.69) is 15.9 Å². The average molecular weight is 425 g/mol. The zero-order valence-electron chi connectivity index (χ0n) is 13.7. The van der Waals surface area contributed by atoms with Gasteiger partial charge in [-0.05, 0) is 37.3 Å². The van der Waals surface area contributed by atoms with E-state index >= 15 is 0 Å². The topological polar surface area (TPSA) is 63.4 Å². The first-order valence-corrected chi connectivity index (χ1v) is 9.43. The molecule has 132 valence electrons. The van der Waals surface area contributed by atoms with Crippen LogP contribution >= 0.6 is 27.7 Å². The van der Waals surface area contributed by atoms with Gasteiger partial charge in [-0.2, -0.15) is 0 Å². The van der Waals surface area contributed by atoms with Crippen LogP contribution in [0.4, 0.5) is 4.39 Å². The number of hydrogen-bond donors (Lipinski definition) is 1. The fourth-order valence-electron chi connectivity index (χ4n) is 2.29. The Bertz CT molecular complexity index is 785. The summed E-state index contributed by atoms with van der Waals surface area (Å²) >= 11 is 4.54. The van der Waals surface area contributed by atoms with E-state index in [0.717, 1.165) is 4.47 Å².